The van der Waals surface area contributed by atoms with Crippen LogP contribution in [0, 0.1) is 6.92 Å². The van der Waals surface area contributed by atoms with E-state index in [1.807, 2.05) is 39.0 Å². The van der Waals surface area contributed by atoms with Crippen molar-refractivity contribution in [2.45, 2.75) is 33.0 Å². The fourth-order valence-electron chi connectivity index (χ4n) is 1.62. The minimum Gasteiger partial charge on any atom is -0.389 e. The zero-order valence-electron chi connectivity index (χ0n) is 12.4. The SMILES string of the molecule is Cc1ccc(Cl)c(NCC(O)COCCOC(C)C)c1. The summed E-state index contributed by atoms with van der Waals surface area (Å²) in [6.07, 6.45) is -0.376. The largest absolute Gasteiger partial charge is 0.389 e. The molecule has 1 aromatic rings. The van der Waals surface area contributed by atoms with Crippen molar-refractivity contribution >= 4 is 17.3 Å². The quantitative estimate of drug-likeness (QED) is 0.689. The maximum absolute atomic E-state index is 9.81. The second-order valence-corrected chi connectivity index (χ2v) is 5.42. The van der Waals surface area contributed by atoms with Crippen LogP contribution in [0.4, 0.5) is 5.69 Å². The van der Waals surface area contributed by atoms with Gasteiger partial charge in [-0.05, 0) is 38.5 Å². The molecule has 5 heteroatoms. The second-order valence-electron chi connectivity index (χ2n) is 5.01. The van der Waals surface area contributed by atoms with Gasteiger partial charge in [-0.3, -0.25) is 0 Å². The lowest BCUT2D eigenvalue weighted by molar-refractivity contribution is -0.00734. The van der Waals surface area contributed by atoms with Crippen LogP contribution in [0.25, 0.3) is 0 Å². The summed E-state index contributed by atoms with van der Waals surface area (Å²) >= 11 is 6.06. The van der Waals surface area contributed by atoms with Crippen molar-refractivity contribution in [3.8, 4) is 0 Å². The minimum atomic E-state index is -0.578. The summed E-state index contributed by atoms with van der Waals surface area (Å²) in [5.74, 6) is 0. The molecule has 0 aromatic heterocycles. The Morgan fingerprint density at radius 2 is 2.05 bits per heavy atom. The fraction of sp³-hybridized carbons (Fsp3) is 0.600. The maximum atomic E-state index is 9.81. The first-order valence-corrected chi connectivity index (χ1v) is 7.24. The molecule has 1 rings (SSSR count). The molecular formula is C15H24ClNO3. The zero-order valence-corrected chi connectivity index (χ0v) is 13.1. The Balaban J connectivity index is 2.19. The molecule has 0 saturated carbocycles. The molecule has 0 fully saturated rings. The molecule has 0 radical (unpaired) electrons. The number of aryl methyl sites for hydroxylation is 1. The summed E-state index contributed by atoms with van der Waals surface area (Å²) in [6.45, 7) is 7.65. The topological polar surface area (TPSA) is 50.7 Å². The summed E-state index contributed by atoms with van der Waals surface area (Å²) in [7, 11) is 0. The maximum Gasteiger partial charge on any atom is 0.0945 e. The Hall–Kier alpha value is -0.810. The van der Waals surface area contributed by atoms with Gasteiger partial charge in [-0.1, -0.05) is 17.7 Å². The van der Waals surface area contributed by atoms with E-state index in [1.54, 1.807) is 0 Å². The van der Waals surface area contributed by atoms with Gasteiger partial charge in [-0.2, -0.15) is 0 Å². The van der Waals surface area contributed by atoms with E-state index in [0.29, 0.717) is 24.8 Å². The summed E-state index contributed by atoms with van der Waals surface area (Å²) in [5.41, 5.74) is 1.95. The van der Waals surface area contributed by atoms with E-state index in [0.717, 1.165) is 11.3 Å². The first kappa shape index (κ1) is 17.2. The number of halogens is 1. The van der Waals surface area contributed by atoms with Crippen LogP contribution in [0.3, 0.4) is 0 Å². The molecule has 20 heavy (non-hydrogen) atoms. The number of aliphatic hydroxyl groups is 1. The molecule has 2 N–H and O–H groups in total. The Morgan fingerprint density at radius 3 is 2.75 bits per heavy atom. The Bertz CT molecular complexity index is 399. The van der Waals surface area contributed by atoms with Crippen molar-refractivity contribution < 1.29 is 14.6 Å². The predicted molar refractivity (Wildman–Crippen MR) is 82.6 cm³/mol. The smallest absolute Gasteiger partial charge is 0.0945 e. The minimum absolute atomic E-state index is 0.202. The Kier molecular flexibility index (Phi) is 7.92. The van der Waals surface area contributed by atoms with Gasteiger partial charge in [-0.25, -0.2) is 0 Å². The second kappa shape index (κ2) is 9.19. The van der Waals surface area contributed by atoms with Crippen LogP contribution in [0.5, 0.6) is 0 Å². The molecule has 0 amide bonds. The monoisotopic (exact) mass is 301 g/mol. The van der Waals surface area contributed by atoms with Crippen LogP contribution in [0.1, 0.15) is 19.4 Å². The number of hydrogen-bond donors (Lipinski definition) is 2. The van der Waals surface area contributed by atoms with Crippen molar-refractivity contribution in [1.29, 1.82) is 0 Å². The van der Waals surface area contributed by atoms with Gasteiger partial charge in [0.15, 0.2) is 0 Å². The molecule has 1 aromatic carbocycles. The van der Waals surface area contributed by atoms with Crippen molar-refractivity contribution in [2.75, 3.05) is 31.7 Å². The van der Waals surface area contributed by atoms with Gasteiger partial charge < -0.3 is 19.9 Å². The van der Waals surface area contributed by atoms with E-state index < -0.39 is 6.10 Å². The van der Waals surface area contributed by atoms with Crippen LogP contribution in [0.2, 0.25) is 5.02 Å². The molecule has 0 aliphatic heterocycles. The molecule has 114 valence electrons. The zero-order chi connectivity index (χ0) is 15.0. The Morgan fingerprint density at radius 1 is 1.30 bits per heavy atom. The molecule has 0 bridgehead atoms. The standard InChI is InChI=1S/C15H24ClNO3/c1-11(2)20-7-6-19-10-13(18)9-17-15-8-12(3)4-5-14(15)16/h4-5,8,11,13,17-18H,6-7,9-10H2,1-3H3. The molecule has 0 aliphatic carbocycles. The van der Waals surface area contributed by atoms with E-state index in [9.17, 15) is 5.11 Å². The summed E-state index contributed by atoms with van der Waals surface area (Å²) in [6, 6.07) is 5.74. The fourth-order valence-corrected chi connectivity index (χ4v) is 1.81. The van der Waals surface area contributed by atoms with E-state index in [4.69, 9.17) is 21.1 Å². The van der Waals surface area contributed by atoms with Crippen LogP contribution in [-0.4, -0.2) is 43.7 Å². The number of nitrogens with one attached hydrogen (secondary N) is 1. The number of ether oxygens (including phenoxy) is 2. The first-order valence-electron chi connectivity index (χ1n) is 6.86. The third kappa shape index (κ3) is 7.10. The molecule has 0 heterocycles. The van der Waals surface area contributed by atoms with Crippen LogP contribution in [0.15, 0.2) is 18.2 Å². The van der Waals surface area contributed by atoms with Crippen molar-refractivity contribution in [3.63, 3.8) is 0 Å². The predicted octanol–water partition coefficient (Wildman–Crippen LogP) is 2.86. The van der Waals surface area contributed by atoms with Crippen molar-refractivity contribution in [2.24, 2.45) is 0 Å². The highest BCUT2D eigenvalue weighted by Gasteiger charge is 2.06. The molecule has 4 nitrogen and oxygen atoms in total. The summed E-state index contributed by atoms with van der Waals surface area (Å²) in [4.78, 5) is 0. The molecule has 1 unspecified atom stereocenters. The lowest BCUT2D eigenvalue weighted by Gasteiger charge is -2.15. The lowest BCUT2D eigenvalue weighted by atomic mass is 10.2. The molecule has 0 saturated heterocycles. The number of anilines is 1. The van der Waals surface area contributed by atoms with Gasteiger partial charge in [0.05, 0.1) is 42.7 Å². The van der Waals surface area contributed by atoms with Crippen LogP contribution < -0.4 is 5.32 Å². The highest BCUT2D eigenvalue weighted by Crippen LogP contribution is 2.22. The third-order valence-corrected chi connectivity index (χ3v) is 2.97. The number of rotatable bonds is 9. The van der Waals surface area contributed by atoms with E-state index >= 15 is 0 Å². The number of aliphatic hydroxyl groups excluding tert-OH is 1. The highest BCUT2D eigenvalue weighted by atomic mass is 35.5. The van der Waals surface area contributed by atoms with Crippen LogP contribution >= 0.6 is 11.6 Å². The van der Waals surface area contributed by atoms with E-state index in [2.05, 4.69) is 5.32 Å². The number of hydrogen-bond acceptors (Lipinski definition) is 4. The molecule has 0 aliphatic rings. The van der Waals surface area contributed by atoms with Crippen molar-refractivity contribution in [1.82, 2.24) is 0 Å². The molecular weight excluding hydrogens is 278 g/mol. The van der Waals surface area contributed by atoms with Crippen molar-refractivity contribution in [3.05, 3.63) is 28.8 Å². The van der Waals surface area contributed by atoms with Gasteiger partial charge in [-0.15, -0.1) is 0 Å². The average molecular weight is 302 g/mol. The van der Waals surface area contributed by atoms with Gasteiger partial charge in [0.1, 0.15) is 0 Å². The Labute approximate surface area is 126 Å². The number of benzene rings is 1. The summed E-state index contributed by atoms with van der Waals surface area (Å²) < 4.78 is 10.7. The third-order valence-electron chi connectivity index (χ3n) is 2.64. The van der Waals surface area contributed by atoms with Crippen LogP contribution in [-0.2, 0) is 9.47 Å². The highest BCUT2D eigenvalue weighted by molar-refractivity contribution is 6.33. The van der Waals surface area contributed by atoms with Gasteiger partial charge in [0.2, 0.25) is 0 Å². The summed E-state index contributed by atoms with van der Waals surface area (Å²) in [5, 5.41) is 13.6. The molecule has 1 atom stereocenters. The van der Waals surface area contributed by atoms with E-state index in [1.165, 1.54) is 0 Å². The van der Waals surface area contributed by atoms with Gasteiger partial charge >= 0.3 is 0 Å². The molecule has 0 spiro atoms. The first-order chi connectivity index (χ1) is 9.49. The van der Waals surface area contributed by atoms with E-state index in [-0.39, 0.29) is 12.7 Å². The van der Waals surface area contributed by atoms with Gasteiger partial charge in [0, 0.05) is 6.54 Å². The van der Waals surface area contributed by atoms with Gasteiger partial charge in [0.25, 0.3) is 0 Å². The average Bonchev–Trinajstić information content (AvgIpc) is 2.39. The lowest BCUT2D eigenvalue weighted by Crippen LogP contribution is -2.26. The normalized spacial score (nSPS) is 12.7.